The zero-order chi connectivity index (χ0) is 15.6. The Balaban J connectivity index is 1.92. The summed E-state index contributed by atoms with van der Waals surface area (Å²) in [5.74, 6) is 1.07. The molecule has 0 atom stereocenters. The maximum absolute atomic E-state index is 4.91. The number of fused-ring (bicyclic) bond motifs is 1. The average molecular weight is 298 g/mol. The molecule has 4 rings (SSSR count). The van der Waals surface area contributed by atoms with Crippen LogP contribution in [0.15, 0.2) is 78.9 Å². The van der Waals surface area contributed by atoms with Crippen LogP contribution in [0.25, 0.3) is 16.7 Å². The fourth-order valence-corrected chi connectivity index (χ4v) is 3.00. The third-order valence-corrected chi connectivity index (χ3v) is 4.10. The Bertz CT molecular complexity index is 938. The summed E-state index contributed by atoms with van der Waals surface area (Å²) in [6.07, 6.45) is 0.823. The minimum Gasteiger partial charge on any atom is -0.296 e. The van der Waals surface area contributed by atoms with E-state index in [-0.39, 0.29) is 0 Å². The molecule has 2 nitrogen and oxygen atoms in total. The number of benzene rings is 3. The molecule has 0 saturated heterocycles. The molecule has 0 saturated carbocycles. The molecule has 23 heavy (non-hydrogen) atoms. The topological polar surface area (TPSA) is 17.8 Å². The predicted octanol–water partition coefficient (Wildman–Crippen LogP) is 4.92. The number of aryl methyl sites for hydroxylation is 1. The van der Waals surface area contributed by atoms with Crippen molar-refractivity contribution in [3.8, 4) is 5.69 Å². The minimum absolute atomic E-state index is 0.823. The number of hydrogen-bond acceptors (Lipinski definition) is 1. The zero-order valence-corrected chi connectivity index (χ0v) is 13.1. The second-order valence-electron chi connectivity index (χ2n) is 5.85. The lowest BCUT2D eigenvalue weighted by Crippen LogP contribution is -2.02. The molecule has 3 aromatic carbocycles. The van der Waals surface area contributed by atoms with Crippen molar-refractivity contribution in [1.82, 2.24) is 9.55 Å². The number of nitrogens with zero attached hydrogens (tertiary/aromatic N) is 2. The smallest absolute Gasteiger partial charge is 0.118 e. The Kier molecular flexibility index (Phi) is 3.43. The van der Waals surface area contributed by atoms with Gasteiger partial charge in [0.25, 0.3) is 0 Å². The molecule has 0 radical (unpaired) electrons. The molecular formula is C21H18N2. The minimum atomic E-state index is 0.823. The molecule has 1 aromatic heterocycles. The number of hydrogen-bond donors (Lipinski definition) is 0. The predicted molar refractivity (Wildman–Crippen MR) is 95.1 cm³/mol. The molecule has 0 aliphatic carbocycles. The first-order valence-corrected chi connectivity index (χ1v) is 7.88. The molecule has 0 aliphatic heterocycles. The molecule has 112 valence electrons. The summed E-state index contributed by atoms with van der Waals surface area (Å²) < 4.78 is 2.27. The summed E-state index contributed by atoms with van der Waals surface area (Å²) in [7, 11) is 0. The molecule has 0 N–H and O–H groups in total. The summed E-state index contributed by atoms with van der Waals surface area (Å²) in [6, 6.07) is 27.4. The van der Waals surface area contributed by atoms with Gasteiger partial charge in [-0.05, 0) is 42.3 Å². The number of rotatable bonds is 3. The Morgan fingerprint density at radius 2 is 1.52 bits per heavy atom. The highest BCUT2D eigenvalue weighted by Crippen LogP contribution is 2.24. The fourth-order valence-electron chi connectivity index (χ4n) is 3.00. The largest absolute Gasteiger partial charge is 0.296 e. The summed E-state index contributed by atoms with van der Waals surface area (Å²) in [4.78, 5) is 4.91. The van der Waals surface area contributed by atoms with Crippen LogP contribution in [-0.4, -0.2) is 9.55 Å². The van der Waals surface area contributed by atoms with E-state index in [4.69, 9.17) is 4.98 Å². The van der Waals surface area contributed by atoms with E-state index in [1.54, 1.807) is 0 Å². The highest BCUT2D eigenvalue weighted by molar-refractivity contribution is 5.79. The zero-order valence-electron chi connectivity index (χ0n) is 13.1. The van der Waals surface area contributed by atoms with E-state index in [0.717, 1.165) is 29.0 Å². The molecular weight excluding hydrogens is 280 g/mol. The third-order valence-electron chi connectivity index (χ3n) is 4.10. The van der Waals surface area contributed by atoms with Gasteiger partial charge in [0.1, 0.15) is 5.82 Å². The van der Waals surface area contributed by atoms with Gasteiger partial charge in [-0.1, -0.05) is 54.6 Å². The maximum Gasteiger partial charge on any atom is 0.118 e. The summed E-state index contributed by atoms with van der Waals surface area (Å²) >= 11 is 0. The van der Waals surface area contributed by atoms with Crippen LogP contribution in [-0.2, 0) is 6.42 Å². The average Bonchev–Trinajstić information content (AvgIpc) is 2.93. The first-order valence-electron chi connectivity index (χ1n) is 7.88. The van der Waals surface area contributed by atoms with Crippen LogP contribution < -0.4 is 0 Å². The van der Waals surface area contributed by atoms with Crippen LogP contribution in [0, 0.1) is 6.92 Å². The monoisotopic (exact) mass is 298 g/mol. The van der Waals surface area contributed by atoms with Crippen LogP contribution >= 0.6 is 0 Å². The second-order valence-corrected chi connectivity index (χ2v) is 5.85. The van der Waals surface area contributed by atoms with Crippen LogP contribution in [0.2, 0.25) is 0 Å². The SMILES string of the molecule is Cc1ccc2c(c1)nc(Cc1ccccc1)n2-c1ccccc1. The van der Waals surface area contributed by atoms with Gasteiger partial charge in [0, 0.05) is 12.1 Å². The van der Waals surface area contributed by atoms with Gasteiger partial charge in [-0.3, -0.25) is 4.57 Å². The molecule has 0 bridgehead atoms. The lowest BCUT2D eigenvalue weighted by Gasteiger charge is -2.09. The number of para-hydroxylation sites is 1. The summed E-state index contributed by atoms with van der Waals surface area (Å²) in [5.41, 5.74) is 5.88. The Labute approximate surface area is 136 Å². The first kappa shape index (κ1) is 13.8. The molecule has 0 fully saturated rings. The van der Waals surface area contributed by atoms with Crippen LogP contribution in [0.1, 0.15) is 17.0 Å². The van der Waals surface area contributed by atoms with Crippen molar-refractivity contribution in [1.29, 1.82) is 0 Å². The molecule has 0 aliphatic rings. The Hall–Kier alpha value is -2.87. The quantitative estimate of drug-likeness (QED) is 0.524. The Morgan fingerprint density at radius 1 is 0.826 bits per heavy atom. The van der Waals surface area contributed by atoms with E-state index >= 15 is 0 Å². The van der Waals surface area contributed by atoms with Gasteiger partial charge in [0.15, 0.2) is 0 Å². The third kappa shape index (κ3) is 2.64. The first-order chi connectivity index (χ1) is 11.3. The van der Waals surface area contributed by atoms with E-state index < -0.39 is 0 Å². The second kappa shape index (κ2) is 5.73. The van der Waals surface area contributed by atoms with E-state index in [1.807, 2.05) is 12.1 Å². The molecule has 0 amide bonds. The van der Waals surface area contributed by atoms with Crippen molar-refractivity contribution in [3.05, 3.63) is 95.8 Å². The van der Waals surface area contributed by atoms with Crippen LogP contribution in [0.3, 0.4) is 0 Å². The standard InChI is InChI=1S/C21H18N2/c1-16-12-13-20-19(14-16)22-21(15-17-8-4-2-5-9-17)23(20)18-10-6-3-7-11-18/h2-14H,15H2,1H3. The number of aromatic nitrogens is 2. The van der Waals surface area contributed by atoms with Crippen molar-refractivity contribution in [3.63, 3.8) is 0 Å². The highest BCUT2D eigenvalue weighted by Gasteiger charge is 2.12. The fraction of sp³-hybridized carbons (Fsp3) is 0.0952. The van der Waals surface area contributed by atoms with E-state index in [9.17, 15) is 0 Å². The van der Waals surface area contributed by atoms with Gasteiger partial charge in [0.05, 0.1) is 11.0 Å². The van der Waals surface area contributed by atoms with Gasteiger partial charge in [-0.2, -0.15) is 0 Å². The van der Waals surface area contributed by atoms with Crippen LogP contribution in [0.4, 0.5) is 0 Å². The van der Waals surface area contributed by atoms with Crippen LogP contribution in [0.5, 0.6) is 0 Å². The molecule has 2 heteroatoms. The van der Waals surface area contributed by atoms with E-state index in [1.165, 1.54) is 11.1 Å². The van der Waals surface area contributed by atoms with Crippen molar-refractivity contribution in [2.24, 2.45) is 0 Å². The molecule has 1 heterocycles. The molecule has 4 aromatic rings. The lowest BCUT2D eigenvalue weighted by molar-refractivity contribution is 0.933. The summed E-state index contributed by atoms with van der Waals surface area (Å²) in [6.45, 7) is 2.11. The van der Waals surface area contributed by atoms with Gasteiger partial charge in [0.2, 0.25) is 0 Å². The highest BCUT2D eigenvalue weighted by atomic mass is 15.1. The van der Waals surface area contributed by atoms with Gasteiger partial charge < -0.3 is 0 Å². The lowest BCUT2D eigenvalue weighted by atomic mass is 10.1. The summed E-state index contributed by atoms with van der Waals surface area (Å²) in [5, 5.41) is 0. The van der Waals surface area contributed by atoms with E-state index in [2.05, 4.69) is 78.2 Å². The van der Waals surface area contributed by atoms with Gasteiger partial charge >= 0.3 is 0 Å². The van der Waals surface area contributed by atoms with Crippen molar-refractivity contribution < 1.29 is 0 Å². The maximum atomic E-state index is 4.91. The van der Waals surface area contributed by atoms with Gasteiger partial charge in [-0.25, -0.2) is 4.98 Å². The van der Waals surface area contributed by atoms with E-state index in [0.29, 0.717) is 0 Å². The molecule has 0 unspecified atom stereocenters. The number of imidazole rings is 1. The van der Waals surface area contributed by atoms with Gasteiger partial charge in [-0.15, -0.1) is 0 Å². The van der Waals surface area contributed by atoms with Crippen molar-refractivity contribution in [2.45, 2.75) is 13.3 Å². The Morgan fingerprint density at radius 3 is 2.26 bits per heavy atom. The van der Waals surface area contributed by atoms with Crippen molar-refractivity contribution >= 4 is 11.0 Å². The normalized spacial score (nSPS) is 11.0. The molecule has 0 spiro atoms. The van der Waals surface area contributed by atoms with Crippen molar-refractivity contribution in [2.75, 3.05) is 0 Å².